The van der Waals surface area contributed by atoms with Gasteiger partial charge in [0.1, 0.15) is 90.9 Å². The zero-order valence-corrected chi connectivity index (χ0v) is 56.2. The first-order valence-electron chi connectivity index (χ1n) is 32.0. The number of halogens is 9. The van der Waals surface area contributed by atoms with Crippen LogP contribution in [0.3, 0.4) is 0 Å². The summed E-state index contributed by atoms with van der Waals surface area (Å²) in [6, 6.07) is 15.5. The van der Waals surface area contributed by atoms with Gasteiger partial charge in [0.2, 0.25) is 35.0 Å². The Bertz CT molecular complexity index is 4400. The summed E-state index contributed by atoms with van der Waals surface area (Å²) in [5.41, 5.74) is -0.571. The van der Waals surface area contributed by atoms with Gasteiger partial charge in [0, 0.05) is 111 Å². The standard InChI is InChI=1S/3C24H20ClF2N3O4/c3*1-2-17(32)29-6-8-30(9-7-29)22-13-12-14(25)18(19-15(26)4-3-5-16(19)31)20(27)21(13)28-24-23(22)33-10-11-34-24/h3*2-5,12,31H,1,6-11H2. The number of aromatic hydroxyl groups is 3. The summed E-state index contributed by atoms with van der Waals surface area (Å²) >= 11 is 19.4. The van der Waals surface area contributed by atoms with Crippen LogP contribution in [0.2, 0.25) is 15.1 Å². The van der Waals surface area contributed by atoms with Gasteiger partial charge in [-0.15, -0.1) is 0 Å². The molecule has 3 amide bonds. The highest BCUT2D eigenvalue weighted by molar-refractivity contribution is 6.36. The molecule has 0 radical (unpaired) electrons. The van der Waals surface area contributed by atoms with Crippen LogP contribution in [-0.2, 0) is 14.4 Å². The number of nitrogens with zero attached hydrogens (tertiary/aromatic N) is 9. The van der Waals surface area contributed by atoms with Crippen molar-refractivity contribution in [3.8, 4) is 85.5 Å². The Morgan fingerprint density at radius 3 is 0.863 bits per heavy atom. The van der Waals surface area contributed by atoms with Crippen molar-refractivity contribution in [1.82, 2.24) is 29.7 Å². The molecule has 3 saturated heterocycles. The number of hydrogen-bond acceptors (Lipinski definition) is 18. The van der Waals surface area contributed by atoms with Crippen molar-refractivity contribution in [2.75, 3.05) is 133 Å². The first-order valence-corrected chi connectivity index (χ1v) is 33.1. The van der Waals surface area contributed by atoms with Crippen LogP contribution in [0.25, 0.3) is 66.1 Å². The van der Waals surface area contributed by atoms with Crippen LogP contribution in [0.15, 0.2) is 111 Å². The number of ether oxygens (including phenoxy) is 6. The second kappa shape index (κ2) is 29.1. The average Bonchev–Trinajstić information content (AvgIpc) is 0.747. The maximum absolute atomic E-state index is 15.9. The second-order valence-corrected chi connectivity index (χ2v) is 24.9. The van der Waals surface area contributed by atoms with Gasteiger partial charge in [-0.25, -0.2) is 41.3 Å². The number of phenols is 3. The van der Waals surface area contributed by atoms with E-state index in [0.717, 1.165) is 18.2 Å². The molecule has 30 heteroatoms. The lowest BCUT2D eigenvalue weighted by molar-refractivity contribution is -0.127. The first kappa shape index (κ1) is 69.7. The second-order valence-electron chi connectivity index (χ2n) is 23.7. The number of hydrogen-bond donors (Lipinski definition) is 3. The highest BCUT2D eigenvalue weighted by Crippen LogP contribution is 2.53. The topological polar surface area (TPSA) is 225 Å². The third kappa shape index (κ3) is 12.9. The van der Waals surface area contributed by atoms with Crippen LogP contribution in [0.5, 0.6) is 52.1 Å². The molecular weight excluding hydrogens is 1400 g/mol. The predicted octanol–water partition coefficient (Wildman–Crippen LogP) is 12.4. The van der Waals surface area contributed by atoms with E-state index in [2.05, 4.69) is 34.7 Å². The fourth-order valence-electron chi connectivity index (χ4n) is 13.1. The predicted molar refractivity (Wildman–Crippen MR) is 371 cm³/mol. The van der Waals surface area contributed by atoms with Crippen molar-refractivity contribution in [2.24, 2.45) is 0 Å². The number of pyridine rings is 3. The summed E-state index contributed by atoms with van der Waals surface area (Å²) in [4.78, 5) is 59.8. The number of anilines is 3. The van der Waals surface area contributed by atoms with Crippen LogP contribution < -0.4 is 43.1 Å². The highest BCUT2D eigenvalue weighted by atomic mass is 35.5. The smallest absolute Gasteiger partial charge is 0.260 e. The summed E-state index contributed by atoms with van der Waals surface area (Å²) in [5, 5.41) is 31.5. The molecule has 0 unspecified atom stereocenters. The van der Waals surface area contributed by atoms with E-state index in [0.29, 0.717) is 149 Å². The highest BCUT2D eigenvalue weighted by Gasteiger charge is 2.36. The van der Waals surface area contributed by atoms with Crippen LogP contribution in [0.4, 0.5) is 43.4 Å². The molecule has 3 aromatic heterocycles. The molecule has 9 aromatic rings. The largest absolute Gasteiger partial charge is 0.507 e. The minimum atomic E-state index is -0.887. The summed E-state index contributed by atoms with van der Waals surface area (Å²) in [7, 11) is 0. The van der Waals surface area contributed by atoms with E-state index in [9.17, 15) is 42.9 Å². The Labute approximate surface area is 592 Å². The number of carbonyl (C=O) groups excluding carboxylic acids is 3. The number of amides is 3. The van der Waals surface area contributed by atoms with Gasteiger partial charge in [-0.05, 0) is 72.8 Å². The SMILES string of the molecule is C=CC(=O)N1CCN(c2c3c(nc4c(F)c(-c5c(O)cccc5F)c(Cl)cc24)OCCO3)CC1.C=CC(=O)N1CCN(c2c3c(nc4c(F)c(-c5c(O)cccc5F)c(Cl)cc24)OCCO3)CC1.C=CC(=O)N1CCN(c2c3c(nc4c(F)c(-c5c(O)cccc5F)c(Cl)cc24)OCCO3)CC1. The Hall–Kier alpha value is -10.8. The lowest BCUT2D eigenvalue weighted by atomic mass is 9.99. The molecular formula is C72H60Cl3F6N9O12. The van der Waals surface area contributed by atoms with Gasteiger partial charge in [0.15, 0.2) is 17.5 Å². The minimum absolute atomic E-state index is 0.0918. The molecule has 102 heavy (non-hydrogen) atoms. The van der Waals surface area contributed by atoms with Crippen molar-refractivity contribution < 1.29 is 84.5 Å². The zero-order valence-electron chi connectivity index (χ0n) is 54.0. The Balaban J connectivity index is 0.000000137. The van der Waals surface area contributed by atoms with Gasteiger partial charge in [0.05, 0.1) is 48.8 Å². The number of aromatic nitrogens is 3. The van der Waals surface area contributed by atoms with Crippen LogP contribution in [0.1, 0.15) is 0 Å². The van der Waals surface area contributed by atoms with Crippen LogP contribution in [0, 0.1) is 34.9 Å². The third-order valence-electron chi connectivity index (χ3n) is 17.9. The van der Waals surface area contributed by atoms with E-state index in [1.165, 1.54) is 72.8 Å². The number of fused-ring (bicyclic) bond motifs is 6. The molecule has 528 valence electrons. The molecule has 15 rings (SSSR count). The third-order valence-corrected chi connectivity index (χ3v) is 18.8. The molecule has 21 nitrogen and oxygen atoms in total. The van der Waals surface area contributed by atoms with Crippen molar-refractivity contribution in [3.05, 3.63) is 161 Å². The molecule has 3 fully saturated rings. The maximum Gasteiger partial charge on any atom is 0.260 e. The average molecular weight is 1460 g/mol. The van der Waals surface area contributed by atoms with Gasteiger partial charge in [0.25, 0.3) is 17.6 Å². The number of benzene rings is 6. The van der Waals surface area contributed by atoms with E-state index in [1.807, 2.05) is 14.7 Å². The fourth-order valence-corrected chi connectivity index (χ4v) is 14.0. The minimum Gasteiger partial charge on any atom is -0.507 e. The summed E-state index contributed by atoms with van der Waals surface area (Å²) in [6.07, 6.45) is 3.81. The number of piperazine rings is 3. The van der Waals surface area contributed by atoms with Gasteiger partial charge >= 0.3 is 0 Å². The first-order chi connectivity index (χ1) is 49.2. The number of rotatable bonds is 9. The van der Waals surface area contributed by atoms with Gasteiger partial charge in [-0.1, -0.05) is 72.7 Å². The summed E-state index contributed by atoms with van der Waals surface area (Å²) < 4.78 is 126. The Kier molecular flexibility index (Phi) is 19.9. The van der Waals surface area contributed by atoms with E-state index in [1.54, 1.807) is 14.7 Å². The van der Waals surface area contributed by atoms with Gasteiger partial charge < -0.3 is 73.1 Å². The lowest BCUT2D eigenvalue weighted by Crippen LogP contribution is -2.48. The molecule has 9 heterocycles. The van der Waals surface area contributed by atoms with Crippen LogP contribution in [-0.4, -0.2) is 181 Å². The molecule has 0 saturated carbocycles. The maximum atomic E-state index is 15.9. The van der Waals surface area contributed by atoms with E-state index in [-0.39, 0.29) is 120 Å². The van der Waals surface area contributed by atoms with Crippen molar-refractivity contribution in [2.45, 2.75) is 0 Å². The molecule has 6 aliphatic rings. The Morgan fingerprint density at radius 1 is 0.382 bits per heavy atom. The molecule has 3 N–H and O–H groups in total. The van der Waals surface area contributed by atoms with Crippen LogP contribution >= 0.6 is 34.8 Å². The zero-order chi connectivity index (χ0) is 71.9. The normalized spacial score (nSPS) is 15.5. The van der Waals surface area contributed by atoms with Crippen molar-refractivity contribution in [3.63, 3.8) is 0 Å². The lowest BCUT2D eigenvalue weighted by Gasteiger charge is -2.37. The molecule has 0 atom stereocenters. The van der Waals surface area contributed by atoms with E-state index >= 15 is 13.2 Å². The van der Waals surface area contributed by atoms with Crippen molar-refractivity contribution in [1.29, 1.82) is 0 Å². The molecule has 6 aromatic carbocycles. The summed E-state index contributed by atoms with van der Waals surface area (Å²) in [6.45, 7) is 17.4. The molecule has 0 bridgehead atoms. The quantitative estimate of drug-likeness (QED) is 0.0902. The van der Waals surface area contributed by atoms with E-state index in [4.69, 9.17) is 63.2 Å². The van der Waals surface area contributed by atoms with Gasteiger partial charge in [-0.2, -0.15) is 0 Å². The Morgan fingerprint density at radius 2 is 0.627 bits per heavy atom. The number of carbonyl (C=O) groups is 3. The number of phenolic OH excluding ortho intramolecular Hbond substituents is 3. The van der Waals surface area contributed by atoms with E-state index < -0.39 is 52.2 Å². The molecule has 0 aliphatic carbocycles. The van der Waals surface area contributed by atoms with Crippen molar-refractivity contribution >= 4 is 102 Å². The fraction of sp³-hybridized carbons (Fsp3) is 0.250. The molecule has 6 aliphatic heterocycles. The monoisotopic (exact) mass is 1460 g/mol. The molecule has 0 spiro atoms. The summed E-state index contributed by atoms with van der Waals surface area (Å²) in [5.74, 6) is -5.51. The van der Waals surface area contributed by atoms with Gasteiger partial charge in [-0.3, -0.25) is 14.4 Å².